The maximum absolute atomic E-state index is 13.5. The third-order valence-corrected chi connectivity index (χ3v) is 5.32. The molecule has 6 heteroatoms. The number of benzene rings is 3. The molecule has 0 spiro atoms. The second-order valence-electron chi connectivity index (χ2n) is 8.58. The third kappa shape index (κ3) is 5.96. The van der Waals surface area contributed by atoms with Crippen molar-refractivity contribution in [3.8, 4) is 0 Å². The van der Waals surface area contributed by atoms with E-state index in [9.17, 15) is 9.59 Å². The average molecular weight is 464 g/mol. The molecule has 172 valence electrons. The summed E-state index contributed by atoms with van der Waals surface area (Å²) in [6.07, 6.45) is -0.705. The second-order valence-corrected chi connectivity index (χ2v) is 8.95. The maximum atomic E-state index is 13.5. The van der Waals surface area contributed by atoms with Gasteiger partial charge in [0.2, 0.25) is 0 Å². The highest BCUT2D eigenvalue weighted by molar-refractivity contribution is 7.80. The van der Waals surface area contributed by atoms with Gasteiger partial charge in [-0.05, 0) is 20.8 Å². The Labute approximate surface area is 200 Å². The molecule has 0 saturated heterocycles. The number of hydrogen-bond donors (Lipinski definition) is 2. The molecular formula is C27H29NO4S. The van der Waals surface area contributed by atoms with Crippen LogP contribution in [0.2, 0.25) is 0 Å². The van der Waals surface area contributed by atoms with Gasteiger partial charge in [-0.2, -0.15) is 12.6 Å². The van der Waals surface area contributed by atoms with E-state index in [1.807, 2.05) is 91.0 Å². The fourth-order valence-electron chi connectivity index (χ4n) is 3.55. The summed E-state index contributed by atoms with van der Waals surface area (Å²) in [5.74, 6) is -0.570. The Balaban J connectivity index is 2.06. The van der Waals surface area contributed by atoms with Crippen LogP contribution >= 0.6 is 12.6 Å². The number of hydrogen-bond acceptors (Lipinski definition) is 5. The van der Waals surface area contributed by atoms with Crippen LogP contribution in [0.3, 0.4) is 0 Å². The Morgan fingerprint density at radius 1 is 0.758 bits per heavy atom. The van der Waals surface area contributed by atoms with E-state index in [0.717, 1.165) is 16.7 Å². The zero-order valence-corrected chi connectivity index (χ0v) is 19.9. The third-order valence-electron chi connectivity index (χ3n) is 4.95. The molecule has 0 bridgehead atoms. The summed E-state index contributed by atoms with van der Waals surface area (Å²) in [5.41, 5.74) is 0.428. The van der Waals surface area contributed by atoms with Gasteiger partial charge in [-0.25, -0.2) is 9.59 Å². The van der Waals surface area contributed by atoms with Gasteiger partial charge >= 0.3 is 12.1 Å². The van der Waals surface area contributed by atoms with Gasteiger partial charge < -0.3 is 14.8 Å². The minimum atomic E-state index is -1.22. The molecule has 0 heterocycles. The lowest BCUT2D eigenvalue weighted by Crippen LogP contribution is -2.48. The van der Waals surface area contributed by atoms with Crippen LogP contribution in [-0.2, 0) is 19.9 Å². The van der Waals surface area contributed by atoms with Crippen molar-refractivity contribution in [1.82, 2.24) is 5.32 Å². The fourth-order valence-corrected chi connectivity index (χ4v) is 3.79. The predicted molar refractivity (Wildman–Crippen MR) is 132 cm³/mol. The SMILES string of the molecule is CC(C)(C)OC(=O)N[C@@H](CS)C(=O)OC(c1ccccc1)(c1ccccc1)c1ccccc1. The lowest BCUT2D eigenvalue weighted by atomic mass is 9.80. The van der Waals surface area contributed by atoms with E-state index in [4.69, 9.17) is 9.47 Å². The molecule has 0 radical (unpaired) electrons. The van der Waals surface area contributed by atoms with Gasteiger partial charge in [0.15, 0.2) is 5.60 Å². The van der Waals surface area contributed by atoms with Crippen molar-refractivity contribution in [2.45, 2.75) is 38.0 Å². The Morgan fingerprint density at radius 3 is 1.48 bits per heavy atom. The lowest BCUT2D eigenvalue weighted by Gasteiger charge is -2.36. The van der Waals surface area contributed by atoms with Gasteiger partial charge in [0, 0.05) is 22.4 Å². The Morgan fingerprint density at radius 2 is 1.15 bits per heavy atom. The zero-order chi connectivity index (χ0) is 23.9. The molecule has 33 heavy (non-hydrogen) atoms. The van der Waals surface area contributed by atoms with Crippen LogP contribution < -0.4 is 5.32 Å². The van der Waals surface area contributed by atoms with Crippen molar-refractivity contribution in [3.05, 3.63) is 108 Å². The summed E-state index contributed by atoms with van der Waals surface area (Å²) >= 11 is 4.28. The van der Waals surface area contributed by atoms with E-state index < -0.39 is 29.3 Å². The average Bonchev–Trinajstić information content (AvgIpc) is 2.81. The van der Waals surface area contributed by atoms with E-state index in [-0.39, 0.29) is 5.75 Å². The first-order valence-corrected chi connectivity index (χ1v) is 11.4. The number of nitrogens with one attached hydrogen (secondary N) is 1. The van der Waals surface area contributed by atoms with Crippen molar-refractivity contribution in [2.75, 3.05) is 5.75 Å². The molecule has 3 rings (SSSR count). The summed E-state index contributed by atoms with van der Waals surface area (Å²) in [6, 6.07) is 27.7. The molecule has 1 amide bonds. The monoisotopic (exact) mass is 463 g/mol. The number of carbonyl (C=O) groups excluding carboxylic acids is 2. The Kier molecular flexibility index (Phi) is 7.82. The molecule has 3 aromatic rings. The summed E-state index contributed by atoms with van der Waals surface area (Å²) in [6.45, 7) is 5.27. The van der Waals surface area contributed by atoms with Crippen molar-refractivity contribution >= 4 is 24.7 Å². The Bertz CT molecular complexity index is 953. The van der Waals surface area contributed by atoms with Crippen LogP contribution in [0.4, 0.5) is 4.79 Å². The number of rotatable bonds is 7. The molecular weight excluding hydrogens is 434 g/mol. The van der Waals surface area contributed by atoms with Crippen LogP contribution in [0, 0.1) is 0 Å². The highest BCUT2D eigenvalue weighted by Crippen LogP contribution is 2.40. The molecule has 0 unspecified atom stereocenters. The van der Waals surface area contributed by atoms with Gasteiger partial charge in [0.05, 0.1) is 0 Å². The molecule has 0 aliphatic carbocycles. The van der Waals surface area contributed by atoms with Crippen molar-refractivity contribution in [2.24, 2.45) is 0 Å². The van der Waals surface area contributed by atoms with Gasteiger partial charge in [0.25, 0.3) is 0 Å². The smallest absolute Gasteiger partial charge is 0.408 e. The van der Waals surface area contributed by atoms with Crippen LogP contribution in [0.25, 0.3) is 0 Å². The van der Waals surface area contributed by atoms with Crippen LogP contribution in [-0.4, -0.2) is 29.5 Å². The molecule has 5 nitrogen and oxygen atoms in total. The molecule has 0 aliphatic rings. The second kappa shape index (κ2) is 10.6. The van der Waals surface area contributed by atoms with E-state index in [1.165, 1.54) is 0 Å². The van der Waals surface area contributed by atoms with E-state index in [1.54, 1.807) is 20.8 Å². The molecule has 0 aliphatic heterocycles. The number of alkyl carbamates (subject to hydrolysis) is 1. The van der Waals surface area contributed by atoms with Gasteiger partial charge in [0.1, 0.15) is 11.6 Å². The summed E-state index contributed by atoms with van der Waals surface area (Å²) < 4.78 is 11.6. The number of esters is 1. The lowest BCUT2D eigenvalue weighted by molar-refractivity contribution is -0.155. The molecule has 0 saturated carbocycles. The molecule has 1 atom stereocenters. The van der Waals surface area contributed by atoms with Crippen LogP contribution in [0.5, 0.6) is 0 Å². The van der Waals surface area contributed by atoms with Crippen LogP contribution in [0.15, 0.2) is 91.0 Å². The summed E-state index contributed by atoms with van der Waals surface area (Å²) in [7, 11) is 0. The largest absolute Gasteiger partial charge is 0.444 e. The molecule has 0 fully saturated rings. The van der Waals surface area contributed by atoms with Crippen LogP contribution in [0.1, 0.15) is 37.5 Å². The minimum Gasteiger partial charge on any atom is -0.444 e. The standard InChI is InChI=1S/C27H29NO4S/c1-26(2,3)32-25(30)28-23(19-33)24(29)31-27(20-13-7-4-8-14-20,21-15-9-5-10-16-21)22-17-11-6-12-18-22/h4-18,23,33H,19H2,1-3H3,(H,28,30)/t23-/m0/s1. The van der Waals surface area contributed by atoms with Gasteiger partial charge in [-0.15, -0.1) is 0 Å². The van der Waals surface area contributed by atoms with Crippen molar-refractivity contribution in [3.63, 3.8) is 0 Å². The van der Waals surface area contributed by atoms with Gasteiger partial charge in [-0.1, -0.05) is 91.0 Å². The first-order chi connectivity index (χ1) is 15.8. The zero-order valence-electron chi connectivity index (χ0n) is 19.0. The quantitative estimate of drug-likeness (QED) is 0.282. The first-order valence-electron chi connectivity index (χ1n) is 10.8. The predicted octanol–water partition coefficient (Wildman–Crippen LogP) is 5.34. The number of carbonyl (C=O) groups is 2. The number of ether oxygens (including phenoxy) is 2. The Hall–Kier alpha value is -3.25. The van der Waals surface area contributed by atoms with Gasteiger partial charge in [-0.3, -0.25) is 0 Å². The highest BCUT2D eigenvalue weighted by atomic mass is 32.1. The molecule has 3 aromatic carbocycles. The van der Waals surface area contributed by atoms with E-state index in [2.05, 4.69) is 17.9 Å². The molecule has 0 aromatic heterocycles. The summed E-state index contributed by atoms with van der Waals surface area (Å²) in [4.78, 5) is 25.8. The van der Waals surface area contributed by atoms with Crippen molar-refractivity contribution < 1.29 is 19.1 Å². The van der Waals surface area contributed by atoms with Crippen molar-refractivity contribution in [1.29, 1.82) is 0 Å². The topological polar surface area (TPSA) is 64.6 Å². The van der Waals surface area contributed by atoms with E-state index >= 15 is 0 Å². The number of thiol groups is 1. The number of amides is 1. The summed E-state index contributed by atoms with van der Waals surface area (Å²) in [5, 5.41) is 2.59. The molecule has 1 N–H and O–H groups in total. The normalized spacial score (nSPS) is 12.5. The van der Waals surface area contributed by atoms with E-state index in [0.29, 0.717) is 0 Å². The minimum absolute atomic E-state index is 0.0481. The highest BCUT2D eigenvalue weighted by Gasteiger charge is 2.42. The fraction of sp³-hybridized carbons (Fsp3) is 0.259. The maximum Gasteiger partial charge on any atom is 0.408 e. The first kappa shape index (κ1) is 24.4.